The minimum atomic E-state index is -0.492. The van der Waals surface area contributed by atoms with Crippen LogP contribution in [0, 0.1) is 17.1 Å². The highest BCUT2D eigenvalue weighted by atomic mass is 19.1. The Morgan fingerprint density at radius 2 is 1.95 bits per heavy atom. The number of nitriles is 1. The lowest BCUT2D eigenvalue weighted by molar-refractivity contribution is 0.191. The van der Waals surface area contributed by atoms with Gasteiger partial charge < -0.3 is 14.4 Å². The van der Waals surface area contributed by atoms with Gasteiger partial charge in [0.05, 0.1) is 12.2 Å². The first-order chi connectivity index (χ1) is 9.22. The van der Waals surface area contributed by atoms with Gasteiger partial charge in [0.2, 0.25) is 0 Å². The lowest BCUT2D eigenvalue weighted by atomic mass is 10.2. The summed E-state index contributed by atoms with van der Waals surface area (Å²) in [5, 5.41) is 8.72. The first-order valence-electron chi connectivity index (χ1n) is 6.15. The highest BCUT2D eigenvalue weighted by molar-refractivity contribution is 5.50. The minimum absolute atomic E-state index is 0.0623. The van der Waals surface area contributed by atoms with E-state index in [-0.39, 0.29) is 5.56 Å². The van der Waals surface area contributed by atoms with E-state index in [9.17, 15) is 4.39 Å². The van der Waals surface area contributed by atoms with Gasteiger partial charge >= 0.3 is 0 Å². The zero-order chi connectivity index (χ0) is 14.1. The average molecular weight is 266 g/mol. The maximum absolute atomic E-state index is 13.6. The number of hydrogen-bond acceptors (Lipinski definition) is 4. The van der Waals surface area contributed by atoms with Crippen LogP contribution in [-0.4, -0.2) is 40.5 Å². The van der Waals surface area contributed by atoms with Crippen molar-refractivity contribution in [3.63, 3.8) is 0 Å². The van der Waals surface area contributed by atoms with Gasteiger partial charge in [0.1, 0.15) is 11.9 Å². The van der Waals surface area contributed by atoms with E-state index in [0.717, 1.165) is 18.7 Å². The molecule has 0 amide bonds. The number of benzene rings is 1. The third kappa shape index (κ3) is 4.86. The molecular formula is C14H19FN2O2. The molecule has 0 saturated carbocycles. The molecule has 0 aliphatic carbocycles. The molecule has 1 rings (SSSR count). The van der Waals surface area contributed by atoms with Crippen molar-refractivity contribution in [2.24, 2.45) is 0 Å². The third-order valence-corrected chi connectivity index (χ3v) is 2.78. The molecule has 5 heteroatoms. The third-order valence-electron chi connectivity index (χ3n) is 2.78. The number of ether oxygens (including phenoxy) is 2. The highest BCUT2D eigenvalue weighted by Crippen LogP contribution is 2.18. The Kier molecular flexibility index (Phi) is 6.86. The van der Waals surface area contributed by atoms with E-state index in [1.54, 1.807) is 20.3 Å². The molecule has 0 spiro atoms. The van der Waals surface area contributed by atoms with Crippen LogP contribution in [0.3, 0.4) is 0 Å². The van der Waals surface area contributed by atoms with E-state index >= 15 is 0 Å². The fraction of sp³-hybridized carbons (Fsp3) is 0.500. The molecule has 0 fully saturated rings. The molecule has 0 radical (unpaired) electrons. The number of halogens is 1. The number of nitrogens with zero attached hydrogens (tertiary/aromatic N) is 2. The van der Waals surface area contributed by atoms with Crippen molar-refractivity contribution in [3.8, 4) is 6.07 Å². The number of anilines is 1. The molecule has 0 atom stereocenters. The standard InChI is InChI=1S/C14H19FN2O2/c1-18-8-3-6-17(7-9-19-2)13-5-4-12(11-16)14(15)10-13/h4-5,10H,3,6-9H2,1-2H3. The van der Waals surface area contributed by atoms with E-state index in [2.05, 4.69) is 0 Å². The van der Waals surface area contributed by atoms with Gasteiger partial charge in [0.15, 0.2) is 0 Å². The highest BCUT2D eigenvalue weighted by Gasteiger charge is 2.09. The van der Waals surface area contributed by atoms with Gasteiger partial charge in [0.25, 0.3) is 0 Å². The first-order valence-corrected chi connectivity index (χ1v) is 6.15. The smallest absolute Gasteiger partial charge is 0.143 e. The molecule has 0 N–H and O–H groups in total. The van der Waals surface area contributed by atoms with Crippen molar-refractivity contribution in [3.05, 3.63) is 29.6 Å². The summed E-state index contributed by atoms with van der Waals surface area (Å²) in [5.41, 5.74) is 0.817. The van der Waals surface area contributed by atoms with E-state index in [1.165, 1.54) is 12.1 Å². The summed E-state index contributed by atoms with van der Waals surface area (Å²) in [5.74, 6) is -0.492. The second-order valence-corrected chi connectivity index (χ2v) is 4.10. The Labute approximate surface area is 113 Å². The zero-order valence-electron chi connectivity index (χ0n) is 11.4. The van der Waals surface area contributed by atoms with Crippen LogP contribution in [0.15, 0.2) is 18.2 Å². The molecule has 0 aliphatic heterocycles. The molecule has 0 saturated heterocycles. The van der Waals surface area contributed by atoms with Crippen molar-refractivity contribution in [1.29, 1.82) is 5.26 Å². The molecule has 1 aromatic rings. The molecule has 19 heavy (non-hydrogen) atoms. The summed E-state index contributed by atoms with van der Waals surface area (Å²) in [6.45, 7) is 2.64. The van der Waals surface area contributed by atoms with Gasteiger partial charge in [-0.2, -0.15) is 5.26 Å². The molecule has 0 heterocycles. The van der Waals surface area contributed by atoms with E-state index in [1.807, 2.05) is 11.0 Å². The van der Waals surface area contributed by atoms with Gasteiger partial charge in [-0.15, -0.1) is 0 Å². The maximum atomic E-state index is 13.6. The summed E-state index contributed by atoms with van der Waals surface area (Å²) in [6.07, 6.45) is 0.849. The van der Waals surface area contributed by atoms with Crippen molar-refractivity contribution in [1.82, 2.24) is 0 Å². The summed E-state index contributed by atoms with van der Waals surface area (Å²) in [4.78, 5) is 2.02. The van der Waals surface area contributed by atoms with Crippen LogP contribution in [-0.2, 0) is 9.47 Å². The largest absolute Gasteiger partial charge is 0.385 e. The number of methoxy groups -OCH3 is 2. The first kappa shape index (κ1) is 15.4. The van der Waals surface area contributed by atoms with Crippen molar-refractivity contribution in [2.75, 3.05) is 45.4 Å². The monoisotopic (exact) mass is 266 g/mol. The topological polar surface area (TPSA) is 45.5 Å². The lowest BCUT2D eigenvalue weighted by Crippen LogP contribution is -2.29. The Bertz CT molecular complexity index is 432. The molecule has 0 aromatic heterocycles. The molecule has 0 aliphatic rings. The van der Waals surface area contributed by atoms with E-state index < -0.39 is 5.82 Å². The van der Waals surface area contributed by atoms with Gasteiger partial charge in [0, 0.05) is 39.6 Å². The summed E-state index contributed by atoms with van der Waals surface area (Å²) < 4.78 is 23.7. The minimum Gasteiger partial charge on any atom is -0.385 e. The van der Waals surface area contributed by atoms with Crippen LogP contribution < -0.4 is 4.90 Å². The predicted octanol–water partition coefficient (Wildman–Crippen LogP) is 2.19. The van der Waals surface area contributed by atoms with Crippen LogP contribution in [0.2, 0.25) is 0 Å². The van der Waals surface area contributed by atoms with E-state index in [0.29, 0.717) is 19.8 Å². The van der Waals surface area contributed by atoms with Gasteiger partial charge in [-0.1, -0.05) is 0 Å². The molecule has 104 valence electrons. The summed E-state index contributed by atoms with van der Waals surface area (Å²) in [7, 11) is 3.29. The summed E-state index contributed by atoms with van der Waals surface area (Å²) in [6, 6.07) is 6.46. The molecule has 4 nitrogen and oxygen atoms in total. The Balaban J connectivity index is 2.78. The molecule has 0 unspecified atom stereocenters. The van der Waals surface area contributed by atoms with Crippen molar-refractivity contribution >= 4 is 5.69 Å². The Morgan fingerprint density at radius 1 is 1.21 bits per heavy atom. The maximum Gasteiger partial charge on any atom is 0.143 e. The SMILES string of the molecule is COCCCN(CCOC)c1ccc(C#N)c(F)c1. The summed E-state index contributed by atoms with van der Waals surface area (Å²) >= 11 is 0. The Hall–Kier alpha value is -1.64. The van der Waals surface area contributed by atoms with Crippen LogP contribution in [0.5, 0.6) is 0 Å². The van der Waals surface area contributed by atoms with Gasteiger partial charge in [-0.25, -0.2) is 4.39 Å². The average Bonchev–Trinajstić information content (AvgIpc) is 2.42. The van der Waals surface area contributed by atoms with Gasteiger partial charge in [-0.05, 0) is 24.6 Å². The van der Waals surface area contributed by atoms with Crippen LogP contribution in [0.25, 0.3) is 0 Å². The van der Waals surface area contributed by atoms with Gasteiger partial charge in [-0.3, -0.25) is 0 Å². The Morgan fingerprint density at radius 3 is 2.53 bits per heavy atom. The molecular weight excluding hydrogens is 247 g/mol. The number of hydrogen-bond donors (Lipinski definition) is 0. The van der Waals surface area contributed by atoms with Crippen LogP contribution in [0.4, 0.5) is 10.1 Å². The normalized spacial score (nSPS) is 10.2. The van der Waals surface area contributed by atoms with Crippen molar-refractivity contribution < 1.29 is 13.9 Å². The fourth-order valence-electron chi connectivity index (χ4n) is 1.76. The van der Waals surface area contributed by atoms with Crippen LogP contribution in [0.1, 0.15) is 12.0 Å². The molecule has 1 aromatic carbocycles. The van der Waals surface area contributed by atoms with E-state index in [4.69, 9.17) is 14.7 Å². The second-order valence-electron chi connectivity index (χ2n) is 4.10. The van der Waals surface area contributed by atoms with Crippen LogP contribution >= 0.6 is 0 Å². The fourth-order valence-corrected chi connectivity index (χ4v) is 1.76. The van der Waals surface area contributed by atoms with Crippen molar-refractivity contribution in [2.45, 2.75) is 6.42 Å². The predicted molar refractivity (Wildman–Crippen MR) is 71.7 cm³/mol. The lowest BCUT2D eigenvalue weighted by Gasteiger charge is -2.24. The quantitative estimate of drug-likeness (QED) is 0.677. The second kappa shape index (κ2) is 8.46. The number of rotatable bonds is 8. The zero-order valence-corrected chi connectivity index (χ0v) is 11.4. The molecule has 0 bridgehead atoms.